The number of rotatable bonds is 4. The van der Waals surface area contributed by atoms with Crippen LogP contribution in [0, 0.1) is 5.92 Å². The van der Waals surface area contributed by atoms with Crippen molar-refractivity contribution in [2.45, 2.75) is 38.8 Å². The molecule has 1 aromatic rings. The van der Waals surface area contributed by atoms with Gasteiger partial charge in [-0.3, -0.25) is 14.5 Å². The van der Waals surface area contributed by atoms with E-state index in [4.69, 9.17) is 0 Å². The van der Waals surface area contributed by atoms with E-state index < -0.39 is 0 Å². The molecule has 22 heavy (non-hydrogen) atoms. The van der Waals surface area contributed by atoms with Crippen molar-refractivity contribution in [2.75, 3.05) is 19.6 Å². The lowest BCUT2D eigenvalue weighted by molar-refractivity contribution is -0.129. The molecule has 2 aliphatic rings. The van der Waals surface area contributed by atoms with Gasteiger partial charge in [-0.1, -0.05) is 0 Å². The first-order valence-electron chi connectivity index (χ1n) is 7.97. The number of carbonyl (C=O) groups is 2. The van der Waals surface area contributed by atoms with Crippen molar-refractivity contribution in [3.8, 4) is 0 Å². The molecule has 1 fully saturated rings. The molecule has 2 aliphatic heterocycles. The number of hydrogen-bond acceptors (Lipinski definition) is 4. The summed E-state index contributed by atoms with van der Waals surface area (Å²) in [5.41, 5.74) is 1.43. The third kappa shape index (κ3) is 3.50. The van der Waals surface area contributed by atoms with Crippen LogP contribution in [0.2, 0.25) is 0 Å². The highest BCUT2D eigenvalue weighted by Crippen LogP contribution is 2.25. The molecule has 0 radical (unpaired) electrons. The Balaban J connectivity index is 1.45. The van der Waals surface area contributed by atoms with Crippen molar-refractivity contribution < 1.29 is 9.59 Å². The summed E-state index contributed by atoms with van der Waals surface area (Å²) in [7, 11) is 0. The number of piperidine rings is 1. The molecule has 5 nitrogen and oxygen atoms in total. The summed E-state index contributed by atoms with van der Waals surface area (Å²) < 4.78 is 0. The molecule has 0 unspecified atom stereocenters. The number of hydrogen-bond donors (Lipinski definition) is 2. The largest absolute Gasteiger partial charge is 0.355 e. The Morgan fingerprint density at radius 1 is 1.55 bits per heavy atom. The highest BCUT2D eigenvalue weighted by atomic mass is 32.1. The van der Waals surface area contributed by atoms with Crippen LogP contribution in [0.3, 0.4) is 0 Å². The van der Waals surface area contributed by atoms with E-state index in [0.717, 1.165) is 19.5 Å². The van der Waals surface area contributed by atoms with Crippen LogP contribution in [0.25, 0.3) is 0 Å². The predicted molar refractivity (Wildman–Crippen MR) is 86.6 cm³/mol. The van der Waals surface area contributed by atoms with Crippen LogP contribution in [0.15, 0.2) is 11.4 Å². The minimum atomic E-state index is -0.0743. The Kier molecular flexibility index (Phi) is 4.78. The van der Waals surface area contributed by atoms with Crippen molar-refractivity contribution >= 4 is 23.2 Å². The van der Waals surface area contributed by atoms with Gasteiger partial charge in [-0.05, 0) is 36.8 Å². The van der Waals surface area contributed by atoms with Crippen LogP contribution in [-0.4, -0.2) is 42.4 Å². The fourth-order valence-corrected chi connectivity index (χ4v) is 4.01. The average molecular weight is 321 g/mol. The maximum atomic E-state index is 12.2. The third-order valence-corrected chi connectivity index (χ3v) is 5.69. The molecule has 0 saturated carbocycles. The van der Waals surface area contributed by atoms with E-state index in [1.165, 1.54) is 10.4 Å². The monoisotopic (exact) mass is 321 g/mol. The number of thiophene rings is 1. The maximum Gasteiger partial charge on any atom is 0.224 e. The van der Waals surface area contributed by atoms with Gasteiger partial charge in [0.05, 0.1) is 5.92 Å². The molecule has 3 rings (SSSR count). The zero-order valence-electron chi connectivity index (χ0n) is 12.9. The van der Waals surface area contributed by atoms with Crippen LogP contribution in [-0.2, 0) is 22.6 Å². The molecule has 3 heterocycles. The number of amides is 2. The first kappa shape index (κ1) is 15.5. The van der Waals surface area contributed by atoms with Crippen LogP contribution < -0.4 is 10.6 Å². The first-order valence-corrected chi connectivity index (χ1v) is 8.85. The van der Waals surface area contributed by atoms with Gasteiger partial charge in [0.1, 0.15) is 0 Å². The van der Waals surface area contributed by atoms with E-state index in [2.05, 4.69) is 33.9 Å². The molecule has 1 aromatic heterocycles. The Hall–Kier alpha value is -1.40. The minimum Gasteiger partial charge on any atom is -0.355 e. The number of carbonyl (C=O) groups excluding carboxylic acids is 2. The lowest BCUT2D eigenvalue weighted by Crippen LogP contribution is -2.48. The zero-order valence-corrected chi connectivity index (χ0v) is 13.7. The molecule has 0 bridgehead atoms. The van der Waals surface area contributed by atoms with Crippen molar-refractivity contribution in [2.24, 2.45) is 5.92 Å². The number of nitrogens with one attached hydrogen (secondary N) is 2. The van der Waals surface area contributed by atoms with Gasteiger partial charge >= 0.3 is 0 Å². The summed E-state index contributed by atoms with van der Waals surface area (Å²) in [5.74, 6) is 0.0483. The van der Waals surface area contributed by atoms with Gasteiger partial charge in [0.25, 0.3) is 0 Å². The predicted octanol–water partition coefficient (Wildman–Crippen LogP) is 1.14. The summed E-state index contributed by atoms with van der Waals surface area (Å²) in [6, 6.07) is 2.54. The Labute approximate surface area is 135 Å². The Morgan fingerprint density at radius 3 is 3.18 bits per heavy atom. The van der Waals surface area contributed by atoms with Gasteiger partial charge in [-0.2, -0.15) is 0 Å². The van der Waals surface area contributed by atoms with E-state index in [-0.39, 0.29) is 17.7 Å². The maximum absolute atomic E-state index is 12.2. The second kappa shape index (κ2) is 6.79. The van der Waals surface area contributed by atoms with Gasteiger partial charge in [-0.15, -0.1) is 11.3 Å². The molecule has 2 atom stereocenters. The van der Waals surface area contributed by atoms with Crippen molar-refractivity contribution in [1.29, 1.82) is 0 Å². The van der Waals surface area contributed by atoms with E-state index >= 15 is 0 Å². The summed E-state index contributed by atoms with van der Waals surface area (Å²) in [4.78, 5) is 27.2. The van der Waals surface area contributed by atoms with Crippen LogP contribution >= 0.6 is 11.3 Å². The lowest BCUT2D eigenvalue weighted by Gasteiger charge is -2.33. The SMILES string of the molecule is C[C@H](CNC(=O)[C@H]1CCC(=O)NC1)N1CCc2sccc2C1. The summed E-state index contributed by atoms with van der Waals surface area (Å²) in [5, 5.41) is 7.98. The molecule has 0 aromatic carbocycles. The number of fused-ring (bicyclic) bond motifs is 1. The molecular weight excluding hydrogens is 298 g/mol. The average Bonchev–Trinajstić information content (AvgIpc) is 3.00. The van der Waals surface area contributed by atoms with Crippen molar-refractivity contribution in [1.82, 2.24) is 15.5 Å². The van der Waals surface area contributed by atoms with Crippen LogP contribution in [0.5, 0.6) is 0 Å². The molecule has 6 heteroatoms. The van der Waals surface area contributed by atoms with E-state index in [1.807, 2.05) is 11.3 Å². The van der Waals surface area contributed by atoms with E-state index in [1.54, 1.807) is 0 Å². The molecule has 0 aliphatic carbocycles. The molecule has 2 amide bonds. The molecule has 0 spiro atoms. The van der Waals surface area contributed by atoms with E-state index in [9.17, 15) is 9.59 Å². The topological polar surface area (TPSA) is 61.4 Å². The fourth-order valence-electron chi connectivity index (χ4n) is 3.12. The molecule has 120 valence electrons. The zero-order chi connectivity index (χ0) is 15.5. The lowest BCUT2D eigenvalue weighted by atomic mass is 9.98. The summed E-state index contributed by atoms with van der Waals surface area (Å²) in [6.07, 6.45) is 2.23. The van der Waals surface area contributed by atoms with Crippen molar-refractivity contribution in [3.63, 3.8) is 0 Å². The van der Waals surface area contributed by atoms with Crippen molar-refractivity contribution in [3.05, 3.63) is 21.9 Å². The fraction of sp³-hybridized carbons (Fsp3) is 0.625. The number of nitrogens with zero attached hydrogens (tertiary/aromatic N) is 1. The highest BCUT2D eigenvalue weighted by Gasteiger charge is 2.26. The van der Waals surface area contributed by atoms with Crippen LogP contribution in [0.4, 0.5) is 0 Å². The normalized spacial score (nSPS) is 23.5. The van der Waals surface area contributed by atoms with E-state index in [0.29, 0.717) is 32.0 Å². The molecule has 1 saturated heterocycles. The quantitative estimate of drug-likeness (QED) is 0.874. The summed E-state index contributed by atoms with van der Waals surface area (Å²) in [6.45, 7) is 5.35. The first-order chi connectivity index (χ1) is 10.6. The standard InChI is InChI=1S/C16H23N3O2S/c1-11(19-6-4-14-13(10-19)5-7-22-14)8-18-16(21)12-2-3-15(20)17-9-12/h5,7,11-12H,2-4,6,8-10H2,1H3,(H,17,20)(H,18,21)/t11-,12+/m1/s1. The van der Waals surface area contributed by atoms with Gasteiger partial charge in [0.2, 0.25) is 11.8 Å². The molecule has 2 N–H and O–H groups in total. The van der Waals surface area contributed by atoms with Gasteiger partial charge < -0.3 is 10.6 Å². The Bertz CT molecular complexity index is 547. The van der Waals surface area contributed by atoms with Gasteiger partial charge in [0, 0.05) is 43.5 Å². The minimum absolute atomic E-state index is 0.0531. The van der Waals surface area contributed by atoms with Gasteiger partial charge in [-0.25, -0.2) is 0 Å². The third-order valence-electron chi connectivity index (χ3n) is 4.67. The van der Waals surface area contributed by atoms with Crippen LogP contribution in [0.1, 0.15) is 30.2 Å². The smallest absolute Gasteiger partial charge is 0.224 e. The Morgan fingerprint density at radius 2 is 2.41 bits per heavy atom. The van der Waals surface area contributed by atoms with Gasteiger partial charge in [0.15, 0.2) is 0 Å². The second-order valence-electron chi connectivity index (χ2n) is 6.22. The molecular formula is C16H23N3O2S. The highest BCUT2D eigenvalue weighted by molar-refractivity contribution is 7.10. The summed E-state index contributed by atoms with van der Waals surface area (Å²) >= 11 is 1.85. The second-order valence-corrected chi connectivity index (χ2v) is 7.22.